The van der Waals surface area contributed by atoms with Gasteiger partial charge in [0.2, 0.25) is 0 Å². The van der Waals surface area contributed by atoms with Crippen LogP contribution in [0.4, 0.5) is 10.1 Å². The number of hydrogen-bond acceptors (Lipinski definition) is 3. The van der Waals surface area contributed by atoms with Crippen molar-refractivity contribution in [1.29, 1.82) is 0 Å². The fourth-order valence-electron chi connectivity index (χ4n) is 1.90. The Morgan fingerprint density at radius 3 is 2.61 bits per heavy atom. The Morgan fingerprint density at radius 2 is 1.96 bits per heavy atom. The quantitative estimate of drug-likeness (QED) is 0.860. The number of ether oxygens (including phenoxy) is 1. The van der Waals surface area contributed by atoms with E-state index in [0.29, 0.717) is 5.69 Å². The number of rotatable bonds is 4. The number of carbonyl (C=O) groups excluding carboxylic acids is 2. The number of nitrogens with one attached hydrogen (secondary N) is 1. The summed E-state index contributed by atoms with van der Waals surface area (Å²) in [6, 6.07) is 10.6. The Balaban J connectivity index is 2.01. The molecule has 1 atom stereocenters. The fourth-order valence-corrected chi connectivity index (χ4v) is 2.14. The lowest BCUT2D eigenvalue weighted by Gasteiger charge is -2.14. The summed E-state index contributed by atoms with van der Waals surface area (Å²) in [6.45, 7) is 3.34. The van der Waals surface area contributed by atoms with E-state index in [1.165, 1.54) is 13.0 Å². The number of hydrogen-bond donors (Lipinski definition) is 1. The van der Waals surface area contributed by atoms with Gasteiger partial charge in [0.15, 0.2) is 6.10 Å². The van der Waals surface area contributed by atoms with Crippen LogP contribution in [0.3, 0.4) is 0 Å². The van der Waals surface area contributed by atoms with Gasteiger partial charge in [0.25, 0.3) is 5.91 Å². The van der Waals surface area contributed by atoms with Crippen molar-refractivity contribution in [2.24, 2.45) is 0 Å². The predicted molar refractivity (Wildman–Crippen MR) is 86.1 cm³/mol. The second-order valence-corrected chi connectivity index (χ2v) is 5.44. The van der Waals surface area contributed by atoms with Crippen molar-refractivity contribution in [3.05, 3.63) is 64.4 Å². The van der Waals surface area contributed by atoms with E-state index < -0.39 is 23.8 Å². The van der Waals surface area contributed by atoms with Crippen LogP contribution in [0.25, 0.3) is 0 Å². The third-order valence-electron chi connectivity index (χ3n) is 3.09. The third kappa shape index (κ3) is 4.53. The summed E-state index contributed by atoms with van der Waals surface area (Å²) >= 11 is 5.79. The van der Waals surface area contributed by atoms with E-state index in [1.807, 2.05) is 13.0 Å². The van der Waals surface area contributed by atoms with Gasteiger partial charge in [-0.1, -0.05) is 23.7 Å². The second kappa shape index (κ2) is 7.24. The van der Waals surface area contributed by atoms with Crippen molar-refractivity contribution in [3.8, 4) is 0 Å². The molecule has 2 aromatic rings. The zero-order valence-electron chi connectivity index (χ0n) is 12.6. The molecule has 0 aliphatic rings. The lowest BCUT2D eigenvalue weighted by atomic mass is 10.2. The smallest absolute Gasteiger partial charge is 0.340 e. The van der Waals surface area contributed by atoms with Gasteiger partial charge in [0.05, 0.1) is 10.6 Å². The molecule has 0 saturated heterocycles. The monoisotopic (exact) mass is 335 g/mol. The van der Waals surface area contributed by atoms with E-state index in [9.17, 15) is 14.0 Å². The maximum Gasteiger partial charge on any atom is 0.340 e. The molecule has 0 radical (unpaired) electrons. The van der Waals surface area contributed by atoms with Crippen LogP contribution in [0.15, 0.2) is 42.5 Å². The number of anilines is 1. The van der Waals surface area contributed by atoms with Crippen LogP contribution < -0.4 is 5.32 Å². The Bertz CT molecular complexity index is 748. The molecule has 2 rings (SSSR count). The van der Waals surface area contributed by atoms with Gasteiger partial charge in [-0.25, -0.2) is 9.18 Å². The molecule has 6 heteroatoms. The molecule has 0 aliphatic heterocycles. The van der Waals surface area contributed by atoms with Gasteiger partial charge < -0.3 is 10.1 Å². The average Bonchev–Trinajstić information content (AvgIpc) is 2.46. The first-order valence-electron chi connectivity index (χ1n) is 6.90. The van der Waals surface area contributed by atoms with Crippen LogP contribution in [-0.2, 0) is 9.53 Å². The first-order valence-corrected chi connectivity index (χ1v) is 7.28. The first-order chi connectivity index (χ1) is 10.9. The predicted octanol–water partition coefficient (Wildman–Crippen LogP) is 3.97. The van der Waals surface area contributed by atoms with Crippen LogP contribution in [0.5, 0.6) is 0 Å². The summed E-state index contributed by atoms with van der Waals surface area (Å²) in [7, 11) is 0. The minimum absolute atomic E-state index is 0.00303. The van der Waals surface area contributed by atoms with Gasteiger partial charge in [-0.15, -0.1) is 0 Å². The van der Waals surface area contributed by atoms with E-state index >= 15 is 0 Å². The minimum Gasteiger partial charge on any atom is -0.449 e. The van der Waals surface area contributed by atoms with Crippen molar-refractivity contribution >= 4 is 29.2 Å². The van der Waals surface area contributed by atoms with Gasteiger partial charge in [0, 0.05) is 5.69 Å². The fraction of sp³-hybridized carbons (Fsp3) is 0.176. The highest BCUT2D eigenvalue weighted by atomic mass is 35.5. The third-order valence-corrected chi connectivity index (χ3v) is 3.40. The molecule has 23 heavy (non-hydrogen) atoms. The number of esters is 1. The second-order valence-electron chi connectivity index (χ2n) is 5.03. The van der Waals surface area contributed by atoms with E-state index in [-0.39, 0.29) is 10.6 Å². The van der Waals surface area contributed by atoms with Crippen LogP contribution >= 0.6 is 11.6 Å². The largest absolute Gasteiger partial charge is 0.449 e. The Kier molecular flexibility index (Phi) is 5.34. The molecule has 0 spiro atoms. The molecule has 0 fully saturated rings. The first kappa shape index (κ1) is 17.0. The molecule has 0 heterocycles. The maximum atomic E-state index is 13.0. The van der Waals surface area contributed by atoms with Crippen molar-refractivity contribution < 1.29 is 18.7 Å². The van der Waals surface area contributed by atoms with E-state index in [1.54, 1.807) is 18.2 Å². The minimum atomic E-state index is -1.02. The molecular formula is C17H15ClFNO3. The molecule has 120 valence electrons. The molecule has 1 N–H and O–H groups in total. The van der Waals surface area contributed by atoms with Gasteiger partial charge in [0.1, 0.15) is 5.82 Å². The van der Waals surface area contributed by atoms with Gasteiger partial charge in [-0.3, -0.25) is 4.79 Å². The lowest BCUT2D eigenvalue weighted by Crippen LogP contribution is -2.30. The standard InChI is InChI=1S/C17H15ClFNO3/c1-10-4-3-5-13(8-10)20-16(21)11(2)23-17(22)14-7-6-12(19)9-15(14)18/h3-9,11H,1-2H3,(H,20,21)/t11-/m1/s1. The molecule has 0 unspecified atom stereocenters. The van der Waals surface area contributed by atoms with Crippen LogP contribution in [0.2, 0.25) is 5.02 Å². The number of aryl methyl sites for hydroxylation is 1. The van der Waals surface area contributed by atoms with Crippen molar-refractivity contribution in [2.75, 3.05) is 5.32 Å². The molecule has 2 aromatic carbocycles. The molecule has 0 aromatic heterocycles. The number of amides is 1. The Hall–Kier alpha value is -2.40. The van der Waals surface area contributed by atoms with Crippen LogP contribution in [0, 0.1) is 12.7 Å². The maximum absolute atomic E-state index is 13.0. The molecule has 4 nitrogen and oxygen atoms in total. The van der Waals surface area contributed by atoms with Crippen LogP contribution in [-0.4, -0.2) is 18.0 Å². The molecule has 0 saturated carbocycles. The summed E-state index contributed by atoms with van der Waals surface area (Å²) in [5.41, 5.74) is 1.60. The summed E-state index contributed by atoms with van der Waals surface area (Å²) in [5.74, 6) is -1.82. The van der Waals surface area contributed by atoms with Crippen molar-refractivity contribution in [2.45, 2.75) is 20.0 Å². The molecular weight excluding hydrogens is 321 g/mol. The van der Waals surface area contributed by atoms with E-state index in [2.05, 4.69) is 5.32 Å². The van der Waals surface area contributed by atoms with Gasteiger partial charge >= 0.3 is 5.97 Å². The van der Waals surface area contributed by atoms with Gasteiger partial charge in [-0.2, -0.15) is 0 Å². The zero-order chi connectivity index (χ0) is 17.0. The topological polar surface area (TPSA) is 55.4 Å². The summed E-state index contributed by atoms with van der Waals surface area (Å²) in [5, 5.41) is 2.59. The highest BCUT2D eigenvalue weighted by Gasteiger charge is 2.21. The summed E-state index contributed by atoms with van der Waals surface area (Å²) in [4.78, 5) is 24.0. The SMILES string of the molecule is Cc1cccc(NC(=O)[C@@H](C)OC(=O)c2ccc(F)cc2Cl)c1. The molecule has 0 aliphatic carbocycles. The van der Waals surface area contributed by atoms with Crippen molar-refractivity contribution in [3.63, 3.8) is 0 Å². The lowest BCUT2D eigenvalue weighted by molar-refractivity contribution is -0.123. The number of halogens is 2. The van der Waals surface area contributed by atoms with E-state index in [0.717, 1.165) is 17.7 Å². The highest BCUT2D eigenvalue weighted by molar-refractivity contribution is 6.33. The molecule has 1 amide bonds. The van der Waals surface area contributed by atoms with Crippen LogP contribution in [0.1, 0.15) is 22.8 Å². The van der Waals surface area contributed by atoms with Gasteiger partial charge in [-0.05, 0) is 49.7 Å². The van der Waals surface area contributed by atoms with Crippen molar-refractivity contribution in [1.82, 2.24) is 0 Å². The zero-order valence-corrected chi connectivity index (χ0v) is 13.4. The Morgan fingerprint density at radius 1 is 1.22 bits per heavy atom. The molecule has 0 bridgehead atoms. The normalized spacial score (nSPS) is 11.7. The summed E-state index contributed by atoms with van der Waals surface area (Å²) in [6.07, 6.45) is -1.02. The number of benzene rings is 2. The average molecular weight is 336 g/mol. The highest BCUT2D eigenvalue weighted by Crippen LogP contribution is 2.19. The van der Waals surface area contributed by atoms with E-state index in [4.69, 9.17) is 16.3 Å². The Labute approximate surface area is 138 Å². The number of carbonyl (C=O) groups is 2. The summed E-state index contributed by atoms with van der Waals surface area (Å²) < 4.78 is 18.0.